The maximum atomic E-state index is 12.5. The van der Waals surface area contributed by atoms with Gasteiger partial charge < -0.3 is 14.7 Å². The first-order valence-corrected chi connectivity index (χ1v) is 8.15. The molecule has 1 aromatic rings. The van der Waals surface area contributed by atoms with E-state index in [0.29, 0.717) is 36.8 Å². The minimum Gasteiger partial charge on any atom is -0.392 e. The minimum atomic E-state index is -0.307. The molecule has 5 nitrogen and oxygen atoms in total. The highest BCUT2D eigenvalue weighted by molar-refractivity contribution is 6.29. The number of piperidine rings is 1. The first-order valence-electron chi connectivity index (χ1n) is 7.77. The van der Waals surface area contributed by atoms with Crippen LogP contribution in [-0.4, -0.2) is 52.8 Å². The van der Waals surface area contributed by atoms with Crippen LogP contribution in [0.1, 0.15) is 36.5 Å². The topological polar surface area (TPSA) is 62.7 Å². The Kier molecular flexibility index (Phi) is 4.39. The van der Waals surface area contributed by atoms with Crippen LogP contribution in [0.4, 0.5) is 0 Å². The quantitative estimate of drug-likeness (QED) is 0.865. The molecule has 6 heteroatoms. The predicted octanol–water partition coefficient (Wildman–Crippen LogP) is 2.13. The Morgan fingerprint density at radius 1 is 1.50 bits per heavy atom. The number of hydrogen-bond acceptors (Lipinski definition) is 4. The lowest BCUT2D eigenvalue weighted by atomic mass is 9.58. The van der Waals surface area contributed by atoms with Crippen molar-refractivity contribution in [3.8, 4) is 0 Å². The molecule has 1 amide bonds. The van der Waals surface area contributed by atoms with E-state index in [1.807, 2.05) is 11.8 Å². The zero-order valence-corrected chi connectivity index (χ0v) is 13.4. The van der Waals surface area contributed by atoms with E-state index in [9.17, 15) is 9.90 Å². The lowest BCUT2D eigenvalue weighted by Gasteiger charge is -2.56. The number of carbonyl (C=O) groups excluding carboxylic acids is 1. The summed E-state index contributed by atoms with van der Waals surface area (Å²) in [5.74, 6) is -0.0270. The summed E-state index contributed by atoms with van der Waals surface area (Å²) in [4.78, 5) is 18.2. The molecule has 3 rings (SSSR count). The lowest BCUT2D eigenvalue weighted by Crippen LogP contribution is -2.62. The van der Waals surface area contributed by atoms with Crippen LogP contribution in [0, 0.1) is 5.41 Å². The number of aromatic nitrogens is 1. The van der Waals surface area contributed by atoms with Crippen molar-refractivity contribution in [1.82, 2.24) is 9.88 Å². The molecule has 0 bridgehead atoms. The Morgan fingerprint density at radius 3 is 2.77 bits per heavy atom. The number of aliphatic hydroxyl groups excluding tert-OH is 1. The minimum absolute atomic E-state index is 0.0270. The average molecular weight is 325 g/mol. The van der Waals surface area contributed by atoms with Crippen molar-refractivity contribution >= 4 is 17.5 Å². The van der Waals surface area contributed by atoms with Gasteiger partial charge in [-0.25, -0.2) is 4.98 Å². The fourth-order valence-corrected chi connectivity index (χ4v) is 3.74. The molecule has 0 radical (unpaired) electrons. The average Bonchev–Trinajstić information content (AvgIpc) is 2.55. The first-order chi connectivity index (χ1) is 10.6. The van der Waals surface area contributed by atoms with Crippen molar-refractivity contribution in [3.05, 3.63) is 29.0 Å². The van der Waals surface area contributed by atoms with Gasteiger partial charge in [-0.2, -0.15) is 0 Å². The van der Waals surface area contributed by atoms with E-state index in [0.717, 1.165) is 12.8 Å². The molecule has 2 fully saturated rings. The fourth-order valence-electron chi connectivity index (χ4n) is 3.63. The molecule has 2 aliphatic rings. The molecule has 1 aliphatic carbocycles. The molecule has 0 aromatic carbocycles. The highest BCUT2D eigenvalue weighted by Gasteiger charge is 2.56. The third kappa shape index (κ3) is 2.62. The van der Waals surface area contributed by atoms with Gasteiger partial charge in [-0.1, -0.05) is 11.6 Å². The Balaban J connectivity index is 1.64. The third-order valence-corrected chi connectivity index (χ3v) is 5.29. The van der Waals surface area contributed by atoms with E-state index < -0.39 is 0 Å². The van der Waals surface area contributed by atoms with Crippen LogP contribution < -0.4 is 0 Å². The Morgan fingerprint density at radius 2 is 2.23 bits per heavy atom. The molecule has 1 N–H and O–H groups in total. The van der Waals surface area contributed by atoms with Crippen molar-refractivity contribution in [1.29, 1.82) is 0 Å². The molecule has 1 aliphatic heterocycles. The van der Waals surface area contributed by atoms with Crippen LogP contribution in [-0.2, 0) is 4.74 Å². The maximum absolute atomic E-state index is 12.5. The summed E-state index contributed by atoms with van der Waals surface area (Å²) >= 11 is 5.75. The van der Waals surface area contributed by atoms with Gasteiger partial charge in [0.2, 0.25) is 0 Å². The normalized spacial score (nSPS) is 26.8. The second kappa shape index (κ2) is 6.14. The summed E-state index contributed by atoms with van der Waals surface area (Å²) in [6.07, 6.45) is 3.61. The zero-order chi connectivity index (χ0) is 15.7. The number of carbonyl (C=O) groups is 1. The predicted molar refractivity (Wildman–Crippen MR) is 82.9 cm³/mol. The number of rotatable bonds is 3. The molecule has 120 valence electrons. The van der Waals surface area contributed by atoms with Gasteiger partial charge in [0.05, 0.1) is 17.8 Å². The van der Waals surface area contributed by atoms with E-state index in [-0.39, 0.29) is 23.5 Å². The number of likely N-dealkylation sites (tertiary alicyclic amines) is 1. The molecule has 1 aromatic heterocycles. The molecule has 2 unspecified atom stereocenters. The Labute approximate surface area is 135 Å². The molecule has 2 heterocycles. The van der Waals surface area contributed by atoms with Gasteiger partial charge in [-0.15, -0.1) is 0 Å². The van der Waals surface area contributed by atoms with E-state index in [4.69, 9.17) is 16.3 Å². The monoisotopic (exact) mass is 324 g/mol. The summed E-state index contributed by atoms with van der Waals surface area (Å²) in [6.45, 7) is 3.92. The molecular weight excluding hydrogens is 304 g/mol. The van der Waals surface area contributed by atoms with Gasteiger partial charge in [0.25, 0.3) is 5.91 Å². The van der Waals surface area contributed by atoms with E-state index in [1.165, 1.54) is 6.20 Å². The van der Waals surface area contributed by atoms with Gasteiger partial charge >= 0.3 is 0 Å². The second-order valence-corrected chi connectivity index (χ2v) is 6.48. The smallest absolute Gasteiger partial charge is 0.255 e. The van der Waals surface area contributed by atoms with E-state index >= 15 is 0 Å². The number of halogens is 1. The summed E-state index contributed by atoms with van der Waals surface area (Å²) in [6, 6.07) is 3.32. The molecule has 1 spiro atoms. The molecule has 2 atom stereocenters. The highest BCUT2D eigenvalue weighted by Crippen LogP contribution is 2.51. The number of pyridine rings is 1. The number of amides is 1. The van der Waals surface area contributed by atoms with Crippen molar-refractivity contribution in [2.24, 2.45) is 5.41 Å². The SMILES string of the molecule is CCOC1CC(O)C12CCN(C(=O)c1ccc(Cl)nc1)CC2. The fraction of sp³-hybridized carbons (Fsp3) is 0.625. The number of hydrogen-bond donors (Lipinski definition) is 1. The lowest BCUT2D eigenvalue weighted by molar-refractivity contribution is -0.207. The molecule has 22 heavy (non-hydrogen) atoms. The van der Waals surface area contributed by atoms with Crippen molar-refractivity contribution in [3.63, 3.8) is 0 Å². The van der Waals surface area contributed by atoms with Crippen LogP contribution in [0.2, 0.25) is 5.15 Å². The summed E-state index contributed by atoms with van der Waals surface area (Å²) in [5, 5.41) is 10.6. The largest absolute Gasteiger partial charge is 0.392 e. The van der Waals surface area contributed by atoms with Crippen LogP contribution in [0.3, 0.4) is 0 Å². The van der Waals surface area contributed by atoms with Gasteiger partial charge in [0, 0.05) is 37.7 Å². The van der Waals surface area contributed by atoms with Crippen molar-refractivity contribution < 1.29 is 14.6 Å². The zero-order valence-electron chi connectivity index (χ0n) is 12.7. The van der Waals surface area contributed by atoms with Crippen LogP contribution in [0.25, 0.3) is 0 Å². The van der Waals surface area contributed by atoms with Crippen LogP contribution in [0.15, 0.2) is 18.3 Å². The van der Waals surface area contributed by atoms with Crippen molar-refractivity contribution in [2.75, 3.05) is 19.7 Å². The van der Waals surface area contributed by atoms with Crippen LogP contribution in [0.5, 0.6) is 0 Å². The standard InChI is InChI=1S/C16H21ClN2O3/c1-2-22-13-9-12(20)16(13)5-7-19(8-6-16)15(21)11-3-4-14(17)18-10-11/h3-4,10,12-13,20H,2,5-9H2,1H3. The van der Waals surface area contributed by atoms with Crippen LogP contribution >= 0.6 is 11.6 Å². The van der Waals surface area contributed by atoms with Gasteiger partial charge in [0.1, 0.15) is 5.15 Å². The van der Waals surface area contributed by atoms with Gasteiger partial charge in [0.15, 0.2) is 0 Å². The highest BCUT2D eigenvalue weighted by atomic mass is 35.5. The number of ether oxygens (including phenoxy) is 1. The second-order valence-electron chi connectivity index (χ2n) is 6.09. The Bertz CT molecular complexity index is 539. The Hall–Kier alpha value is -1.17. The summed E-state index contributed by atoms with van der Waals surface area (Å²) < 4.78 is 5.75. The van der Waals surface area contributed by atoms with Gasteiger partial charge in [-0.3, -0.25) is 4.79 Å². The first kappa shape index (κ1) is 15.7. The maximum Gasteiger partial charge on any atom is 0.255 e. The third-order valence-electron chi connectivity index (χ3n) is 5.07. The number of aliphatic hydroxyl groups is 1. The summed E-state index contributed by atoms with van der Waals surface area (Å²) in [7, 11) is 0. The summed E-state index contributed by atoms with van der Waals surface area (Å²) in [5.41, 5.74) is 0.390. The van der Waals surface area contributed by atoms with Gasteiger partial charge in [-0.05, 0) is 31.9 Å². The number of nitrogens with zero attached hydrogens (tertiary/aromatic N) is 2. The van der Waals surface area contributed by atoms with E-state index in [1.54, 1.807) is 12.1 Å². The van der Waals surface area contributed by atoms with E-state index in [2.05, 4.69) is 4.98 Å². The molecule has 1 saturated heterocycles. The van der Waals surface area contributed by atoms with Crippen molar-refractivity contribution in [2.45, 2.75) is 38.4 Å². The molecular formula is C16H21ClN2O3. The molecule has 1 saturated carbocycles.